The molecule has 20 heavy (non-hydrogen) atoms. The van der Waals surface area contributed by atoms with E-state index in [9.17, 15) is 9.59 Å². The summed E-state index contributed by atoms with van der Waals surface area (Å²) in [6.07, 6.45) is 4.39. The number of hydrogen-bond donors (Lipinski definition) is 2. The van der Waals surface area contributed by atoms with Gasteiger partial charge in [-0.15, -0.1) is 0 Å². The number of likely N-dealkylation sites (N-methyl/N-ethyl adjacent to an activating group) is 1. The summed E-state index contributed by atoms with van der Waals surface area (Å²) < 4.78 is 0. The van der Waals surface area contributed by atoms with Gasteiger partial charge in [0.05, 0.1) is 0 Å². The van der Waals surface area contributed by atoms with Crippen molar-refractivity contribution in [3.05, 3.63) is 0 Å². The van der Waals surface area contributed by atoms with E-state index in [-0.39, 0.29) is 17.9 Å². The van der Waals surface area contributed by atoms with Crippen LogP contribution < -0.4 is 10.6 Å². The molecule has 1 atom stereocenters. The Kier molecular flexibility index (Phi) is 7.59. The van der Waals surface area contributed by atoms with Crippen molar-refractivity contribution in [3.8, 4) is 0 Å². The highest BCUT2D eigenvalue weighted by Crippen LogP contribution is 2.27. The van der Waals surface area contributed by atoms with Crippen LogP contribution in [0.15, 0.2) is 0 Å². The lowest BCUT2D eigenvalue weighted by Crippen LogP contribution is -2.51. The summed E-state index contributed by atoms with van der Waals surface area (Å²) >= 11 is 0. The molecule has 0 aliphatic heterocycles. The van der Waals surface area contributed by atoms with E-state index in [1.54, 1.807) is 0 Å². The minimum atomic E-state index is -0.355. The standard InChI is InChI=1S/C15H29N3O2/c1-4-18(5-2)11-10-16-15(20)14(17-12(3)19)13-8-6-7-9-13/h13-14H,4-11H2,1-3H3,(H,16,20)(H,17,19). The molecule has 5 nitrogen and oxygen atoms in total. The highest BCUT2D eigenvalue weighted by Gasteiger charge is 2.30. The summed E-state index contributed by atoms with van der Waals surface area (Å²) in [6, 6.07) is -0.355. The highest BCUT2D eigenvalue weighted by atomic mass is 16.2. The van der Waals surface area contributed by atoms with E-state index >= 15 is 0 Å². The normalized spacial score (nSPS) is 17.2. The Hall–Kier alpha value is -1.10. The van der Waals surface area contributed by atoms with Crippen molar-refractivity contribution in [1.29, 1.82) is 0 Å². The minimum absolute atomic E-state index is 0.0285. The van der Waals surface area contributed by atoms with E-state index < -0.39 is 0 Å². The molecule has 0 aromatic heterocycles. The van der Waals surface area contributed by atoms with Crippen LogP contribution >= 0.6 is 0 Å². The molecule has 0 spiro atoms. The fraction of sp³-hybridized carbons (Fsp3) is 0.867. The number of nitrogens with one attached hydrogen (secondary N) is 2. The van der Waals surface area contributed by atoms with Crippen molar-refractivity contribution in [1.82, 2.24) is 15.5 Å². The number of hydrogen-bond acceptors (Lipinski definition) is 3. The third-order valence-corrected chi connectivity index (χ3v) is 4.13. The monoisotopic (exact) mass is 283 g/mol. The van der Waals surface area contributed by atoms with Crippen molar-refractivity contribution in [2.24, 2.45) is 5.92 Å². The molecule has 2 N–H and O–H groups in total. The van der Waals surface area contributed by atoms with Gasteiger partial charge in [0, 0.05) is 20.0 Å². The summed E-state index contributed by atoms with van der Waals surface area (Å²) in [6.45, 7) is 9.19. The van der Waals surface area contributed by atoms with Gasteiger partial charge in [0.2, 0.25) is 11.8 Å². The second kappa shape index (κ2) is 8.95. The molecule has 116 valence electrons. The Bertz CT molecular complexity index is 310. The summed E-state index contributed by atoms with van der Waals surface area (Å²) in [5.41, 5.74) is 0. The molecule has 1 saturated carbocycles. The highest BCUT2D eigenvalue weighted by molar-refractivity contribution is 5.87. The van der Waals surface area contributed by atoms with Gasteiger partial charge < -0.3 is 15.5 Å². The molecule has 0 heterocycles. The Morgan fingerprint density at radius 3 is 2.30 bits per heavy atom. The van der Waals surface area contributed by atoms with Crippen molar-refractivity contribution in [2.45, 2.75) is 52.5 Å². The first kappa shape index (κ1) is 17.0. The van der Waals surface area contributed by atoms with E-state index in [4.69, 9.17) is 0 Å². The molecule has 0 radical (unpaired) electrons. The van der Waals surface area contributed by atoms with Gasteiger partial charge in [-0.25, -0.2) is 0 Å². The van der Waals surface area contributed by atoms with Gasteiger partial charge in [0.1, 0.15) is 6.04 Å². The molecule has 1 aliphatic carbocycles. The Labute approximate surface area is 122 Å². The van der Waals surface area contributed by atoms with Gasteiger partial charge in [-0.1, -0.05) is 26.7 Å². The van der Waals surface area contributed by atoms with E-state index in [1.165, 1.54) is 6.92 Å². The average Bonchev–Trinajstić information content (AvgIpc) is 2.94. The van der Waals surface area contributed by atoms with E-state index in [2.05, 4.69) is 29.4 Å². The largest absolute Gasteiger partial charge is 0.353 e. The van der Waals surface area contributed by atoms with Crippen molar-refractivity contribution in [3.63, 3.8) is 0 Å². The number of carbonyl (C=O) groups excluding carboxylic acids is 2. The Morgan fingerprint density at radius 2 is 1.80 bits per heavy atom. The van der Waals surface area contributed by atoms with E-state index in [0.717, 1.165) is 45.3 Å². The van der Waals surface area contributed by atoms with Gasteiger partial charge in [-0.3, -0.25) is 9.59 Å². The molecular formula is C15H29N3O2. The molecule has 1 fully saturated rings. The van der Waals surface area contributed by atoms with Crippen LogP contribution in [0.4, 0.5) is 0 Å². The minimum Gasteiger partial charge on any atom is -0.353 e. The predicted octanol–water partition coefficient (Wildman–Crippen LogP) is 1.14. The van der Waals surface area contributed by atoms with E-state index in [0.29, 0.717) is 12.5 Å². The molecule has 0 saturated heterocycles. The maximum Gasteiger partial charge on any atom is 0.242 e. The first-order valence-corrected chi connectivity index (χ1v) is 7.85. The lowest BCUT2D eigenvalue weighted by Gasteiger charge is -2.24. The lowest BCUT2D eigenvalue weighted by atomic mass is 9.97. The SMILES string of the molecule is CCN(CC)CCNC(=O)C(NC(C)=O)C1CCCC1. The van der Waals surface area contributed by atoms with Crippen LogP contribution in [0.1, 0.15) is 46.5 Å². The zero-order chi connectivity index (χ0) is 15.0. The summed E-state index contributed by atoms with van der Waals surface area (Å²) in [5, 5.41) is 5.79. The lowest BCUT2D eigenvalue weighted by molar-refractivity contribution is -0.129. The fourth-order valence-electron chi connectivity index (χ4n) is 2.89. The molecule has 1 rings (SSSR count). The molecule has 1 unspecified atom stereocenters. The Morgan fingerprint density at radius 1 is 1.20 bits per heavy atom. The van der Waals surface area contributed by atoms with Crippen LogP contribution in [0.25, 0.3) is 0 Å². The molecular weight excluding hydrogens is 254 g/mol. The first-order chi connectivity index (χ1) is 9.58. The van der Waals surface area contributed by atoms with Crippen molar-refractivity contribution >= 4 is 11.8 Å². The van der Waals surface area contributed by atoms with Crippen LogP contribution in [0.5, 0.6) is 0 Å². The number of rotatable bonds is 8. The number of amides is 2. The quantitative estimate of drug-likeness (QED) is 0.702. The average molecular weight is 283 g/mol. The second-order valence-electron chi connectivity index (χ2n) is 5.54. The fourth-order valence-corrected chi connectivity index (χ4v) is 2.89. The third kappa shape index (κ3) is 5.49. The van der Waals surface area contributed by atoms with Gasteiger partial charge in [-0.2, -0.15) is 0 Å². The van der Waals surface area contributed by atoms with Crippen molar-refractivity contribution < 1.29 is 9.59 Å². The molecule has 1 aliphatic rings. The van der Waals surface area contributed by atoms with Gasteiger partial charge >= 0.3 is 0 Å². The van der Waals surface area contributed by atoms with Crippen LogP contribution in [0.2, 0.25) is 0 Å². The topological polar surface area (TPSA) is 61.4 Å². The molecule has 0 bridgehead atoms. The number of carbonyl (C=O) groups is 2. The van der Waals surface area contributed by atoms with Gasteiger partial charge in [-0.05, 0) is 31.8 Å². The smallest absolute Gasteiger partial charge is 0.242 e. The Balaban J connectivity index is 2.44. The summed E-state index contributed by atoms with van der Waals surface area (Å²) in [5.74, 6) is 0.146. The van der Waals surface area contributed by atoms with E-state index in [1.807, 2.05) is 0 Å². The van der Waals surface area contributed by atoms with Gasteiger partial charge in [0.25, 0.3) is 0 Å². The van der Waals surface area contributed by atoms with Crippen LogP contribution in [0.3, 0.4) is 0 Å². The molecule has 0 aromatic carbocycles. The predicted molar refractivity (Wildman–Crippen MR) is 80.4 cm³/mol. The third-order valence-electron chi connectivity index (χ3n) is 4.13. The maximum absolute atomic E-state index is 12.3. The zero-order valence-corrected chi connectivity index (χ0v) is 13.1. The maximum atomic E-state index is 12.3. The summed E-state index contributed by atoms with van der Waals surface area (Å²) in [7, 11) is 0. The second-order valence-corrected chi connectivity index (χ2v) is 5.54. The number of nitrogens with zero attached hydrogens (tertiary/aromatic N) is 1. The first-order valence-electron chi connectivity index (χ1n) is 7.85. The molecule has 2 amide bonds. The van der Waals surface area contributed by atoms with Crippen LogP contribution in [0, 0.1) is 5.92 Å². The zero-order valence-electron chi connectivity index (χ0n) is 13.1. The summed E-state index contributed by atoms with van der Waals surface area (Å²) in [4.78, 5) is 25.8. The van der Waals surface area contributed by atoms with Gasteiger partial charge in [0.15, 0.2) is 0 Å². The van der Waals surface area contributed by atoms with Crippen molar-refractivity contribution in [2.75, 3.05) is 26.2 Å². The molecule has 5 heteroatoms. The van der Waals surface area contributed by atoms with Crippen LogP contribution in [-0.2, 0) is 9.59 Å². The molecule has 0 aromatic rings. The van der Waals surface area contributed by atoms with Crippen LogP contribution in [-0.4, -0.2) is 48.9 Å².